The number of nitrogens with one attached hydrogen (secondary N) is 1. The molecule has 1 aliphatic rings. The first-order valence-corrected chi connectivity index (χ1v) is 9.75. The van der Waals surface area contributed by atoms with E-state index in [1.165, 1.54) is 31.2 Å². The molecule has 1 unspecified atom stereocenters. The van der Waals surface area contributed by atoms with Gasteiger partial charge in [0.2, 0.25) is 5.91 Å². The molecule has 3 amide bonds. The number of hydrogen-bond donors (Lipinski definition) is 1. The van der Waals surface area contributed by atoms with Crippen molar-refractivity contribution in [2.75, 3.05) is 19.5 Å². The molecule has 1 heterocycles. The highest BCUT2D eigenvalue weighted by Gasteiger charge is 2.43. The molecule has 3 rings (SSSR count). The minimum absolute atomic E-state index is 0.0129. The second-order valence-corrected chi connectivity index (χ2v) is 7.14. The summed E-state index contributed by atoms with van der Waals surface area (Å²) in [5.41, 5.74) is -0.0660. The first kappa shape index (κ1) is 24.6. The number of carbonyl (C=O) groups is 4. The molecule has 2 aromatic rings. The molecule has 0 saturated heterocycles. The lowest BCUT2D eigenvalue weighted by Gasteiger charge is -2.26. The van der Waals surface area contributed by atoms with Gasteiger partial charge in [-0.15, -0.1) is 13.2 Å². The van der Waals surface area contributed by atoms with Crippen molar-refractivity contribution in [2.45, 2.75) is 25.7 Å². The number of alkyl halides is 3. The lowest BCUT2D eigenvalue weighted by Crippen LogP contribution is -2.35. The number of methoxy groups -OCH3 is 2. The Labute approximate surface area is 191 Å². The van der Waals surface area contributed by atoms with Gasteiger partial charge in [0.25, 0.3) is 11.8 Å². The zero-order valence-corrected chi connectivity index (χ0v) is 18.2. The number of esters is 1. The Morgan fingerprint density at radius 1 is 1.06 bits per heavy atom. The average Bonchev–Trinajstić information content (AvgIpc) is 3.01. The number of hydrogen-bond acceptors (Lipinski definition) is 7. The molecule has 0 radical (unpaired) electrons. The fourth-order valence-corrected chi connectivity index (χ4v) is 3.58. The highest BCUT2D eigenvalue weighted by molar-refractivity contribution is 6.24. The number of nitrogens with zero attached hydrogens (tertiary/aromatic N) is 1. The van der Waals surface area contributed by atoms with E-state index in [0.717, 1.165) is 31.3 Å². The Kier molecular flexibility index (Phi) is 6.80. The summed E-state index contributed by atoms with van der Waals surface area (Å²) in [6, 6.07) is 6.28. The van der Waals surface area contributed by atoms with Crippen molar-refractivity contribution >= 4 is 29.4 Å². The third kappa shape index (κ3) is 4.95. The van der Waals surface area contributed by atoms with Crippen molar-refractivity contribution in [1.29, 1.82) is 0 Å². The summed E-state index contributed by atoms with van der Waals surface area (Å²) in [7, 11) is 2.22. The molecule has 2 aromatic carbocycles. The van der Waals surface area contributed by atoms with Gasteiger partial charge in [-0.1, -0.05) is 12.1 Å². The highest BCUT2D eigenvalue weighted by atomic mass is 19.4. The number of benzene rings is 2. The van der Waals surface area contributed by atoms with Crippen LogP contribution in [-0.4, -0.2) is 49.2 Å². The van der Waals surface area contributed by atoms with Crippen molar-refractivity contribution < 1.29 is 46.6 Å². The number of fused-ring (bicyclic) bond motifs is 1. The molecule has 0 fully saturated rings. The Morgan fingerprint density at radius 2 is 1.76 bits per heavy atom. The zero-order chi connectivity index (χ0) is 25.2. The molecule has 0 spiro atoms. The third-order valence-electron chi connectivity index (χ3n) is 4.95. The number of rotatable bonds is 7. The lowest BCUT2D eigenvalue weighted by atomic mass is 10.0. The second kappa shape index (κ2) is 9.41. The predicted octanol–water partition coefficient (Wildman–Crippen LogP) is 3.45. The average molecular weight is 480 g/mol. The first-order valence-electron chi connectivity index (χ1n) is 9.75. The summed E-state index contributed by atoms with van der Waals surface area (Å²) in [5.74, 6) is -3.92. The van der Waals surface area contributed by atoms with E-state index < -0.39 is 48.3 Å². The van der Waals surface area contributed by atoms with Crippen LogP contribution in [0.2, 0.25) is 0 Å². The van der Waals surface area contributed by atoms with E-state index in [0.29, 0.717) is 0 Å². The Balaban J connectivity index is 2.11. The van der Waals surface area contributed by atoms with Crippen LogP contribution in [0.5, 0.6) is 11.5 Å². The number of carbonyl (C=O) groups excluding carboxylic acids is 4. The molecule has 180 valence electrons. The van der Waals surface area contributed by atoms with Crippen LogP contribution in [0.25, 0.3) is 0 Å². The molecule has 0 bridgehead atoms. The van der Waals surface area contributed by atoms with Crippen molar-refractivity contribution in [3.8, 4) is 11.5 Å². The summed E-state index contributed by atoms with van der Waals surface area (Å²) in [6.45, 7) is 1.22. The van der Waals surface area contributed by atoms with Crippen LogP contribution < -0.4 is 14.8 Å². The second-order valence-electron chi connectivity index (χ2n) is 7.14. The predicted molar refractivity (Wildman–Crippen MR) is 110 cm³/mol. The van der Waals surface area contributed by atoms with Crippen LogP contribution in [0.3, 0.4) is 0 Å². The fraction of sp³-hybridized carbons (Fsp3) is 0.273. The van der Waals surface area contributed by atoms with E-state index in [4.69, 9.17) is 4.74 Å². The van der Waals surface area contributed by atoms with E-state index in [-0.39, 0.29) is 28.1 Å². The van der Waals surface area contributed by atoms with Crippen LogP contribution >= 0.6 is 0 Å². The minimum Gasteiger partial charge on any atom is -0.493 e. The molecular formula is C22H19F3N2O7. The minimum atomic E-state index is -5.05. The van der Waals surface area contributed by atoms with Gasteiger partial charge < -0.3 is 19.5 Å². The largest absolute Gasteiger partial charge is 0.573 e. The maximum absolute atomic E-state index is 13.3. The number of amides is 3. The van der Waals surface area contributed by atoms with E-state index >= 15 is 0 Å². The number of imide groups is 1. The van der Waals surface area contributed by atoms with Crippen LogP contribution in [0.15, 0.2) is 36.4 Å². The van der Waals surface area contributed by atoms with Gasteiger partial charge in [-0.3, -0.25) is 24.1 Å². The molecule has 0 saturated carbocycles. The van der Waals surface area contributed by atoms with Gasteiger partial charge in [0.05, 0.1) is 43.5 Å². The number of anilines is 1. The van der Waals surface area contributed by atoms with Gasteiger partial charge in [0.1, 0.15) is 0 Å². The standard InChI is InChI=1S/C22H19F3N2O7/c1-11(28)26-14-6-4-5-13-19(14)21(31)27(20(13)30)15(10-18(29)33-3)12-7-8-16(32-2)17(9-12)34-22(23,24)25/h4-9,15H,10H2,1-3H3,(H,26,28). The highest BCUT2D eigenvalue weighted by Crippen LogP contribution is 2.40. The molecule has 12 heteroatoms. The Morgan fingerprint density at radius 3 is 2.35 bits per heavy atom. The summed E-state index contributed by atoms with van der Waals surface area (Å²) in [4.78, 5) is 50.9. The molecule has 0 aromatic heterocycles. The van der Waals surface area contributed by atoms with Gasteiger partial charge in [-0.05, 0) is 29.8 Å². The molecular weight excluding hydrogens is 461 g/mol. The van der Waals surface area contributed by atoms with E-state index in [2.05, 4.69) is 14.8 Å². The maximum atomic E-state index is 13.3. The summed E-state index contributed by atoms with van der Waals surface area (Å²) in [6.07, 6.45) is -5.60. The van der Waals surface area contributed by atoms with Crippen LogP contribution in [0, 0.1) is 0 Å². The van der Waals surface area contributed by atoms with Gasteiger partial charge >= 0.3 is 12.3 Å². The quantitative estimate of drug-likeness (QED) is 0.477. The molecule has 1 aliphatic heterocycles. The van der Waals surface area contributed by atoms with Crippen LogP contribution in [0.4, 0.5) is 18.9 Å². The topological polar surface area (TPSA) is 111 Å². The normalized spacial score (nSPS) is 13.9. The van der Waals surface area contributed by atoms with Crippen molar-refractivity contribution in [2.24, 2.45) is 0 Å². The van der Waals surface area contributed by atoms with Gasteiger partial charge in [-0.2, -0.15) is 0 Å². The van der Waals surface area contributed by atoms with Crippen molar-refractivity contribution in [3.63, 3.8) is 0 Å². The zero-order valence-electron chi connectivity index (χ0n) is 18.2. The summed E-state index contributed by atoms with van der Waals surface area (Å²) < 4.78 is 52.3. The van der Waals surface area contributed by atoms with Crippen LogP contribution in [-0.2, 0) is 14.3 Å². The smallest absolute Gasteiger partial charge is 0.493 e. The maximum Gasteiger partial charge on any atom is 0.573 e. The Hall–Kier alpha value is -4.09. The SMILES string of the molecule is COC(=O)CC(c1ccc(OC)c(OC(F)(F)F)c1)N1C(=O)c2cccc(NC(C)=O)c2C1=O. The number of ether oxygens (including phenoxy) is 3. The number of halogens is 3. The monoisotopic (exact) mass is 480 g/mol. The lowest BCUT2D eigenvalue weighted by molar-refractivity contribution is -0.275. The van der Waals surface area contributed by atoms with E-state index in [9.17, 15) is 32.3 Å². The molecule has 1 atom stereocenters. The molecule has 1 N–H and O–H groups in total. The molecule has 9 nitrogen and oxygen atoms in total. The summed E-state index contributed by atoms with van der Waals surface area (Å²) >= 11 is 0. The fourth-order valence-electron chi connectivity index (χ4n) is 3.58. The summed E-state index contributed by atoms with van der Waals surface area (Å²) in [5, 5.41) is 2.47. The van der Waals surface area contributed by atoms with Crippen molar-refractivity contribution in [3.05, 3.63) is 53.1 Å². The first-order chi connectivity index (χ1) is 16.0. The van der Waals surface area contributed by atoms with Gasteiger partial charge in [-0.25, -0.2) is 0 Å². The van der Waals surface area contributed by atoms with E-state index in [1.807, 2.05) is 0 Å². The Bertz CT molecular complexity index is 1160. The van der Waals surface area contributed by atoms with Gasteiger partial charge in [0, 0.05) is 6.92 Å². The molecule has 0 aliphatic carbocycles. The van der Waals surface area contributed by atoms with Gasteiger partial charge in [0.15, 0.2) is 11.5 Å². The van der Waals surface area contributed by atoms with Crippen LogP contribution in [0.1, 0.15) is 45.7 Å². The molecule has 34 heavy (non-hydrogen) atoms. The van der Waals surface area contributed by atoms with E-state index in [1.54, 1.807) is 0 Å². The van der Waals surface area contributed by atoms with Crippen molar-refractivity contribution in [1.82, 2.24) is 4.90 Å². The third-order valence-corrected chi connectivity index (χ3v) is 4.95.